The Morgan fingerprint density at radius 3 is 2.14 bits per heavy atom. The van der Waals surface area contributed by atoms with Gasteiger partial charge >= 0.3 is 18.3 Å². The smallest absolute Gasteiger partial charge is 0.459 e. The van der Waals surface area contributed by atoms with Gasteiger partial charge in [0.15, 0.2) is 0 Å². The van der Waals surface area contributed by atoms with Gasteiger partial charge in [-0.2, -0.15) is 26.3 Å². The molecule has 28 heavy (non-hydrogen) atoms. The van der Waals surface area contributed by atoms with Gasteiger partial charge in [0.05, 0.1) is 12.3 Å². The van der Waals surface area contributed by atoms with Crippen molar-refractivity contribution in [1.82, 2.24) is 4.98 Å². The van der Waals surface area contributed by atoms with Crippen molar-refractivity contribution in [3.8, 4) is 11.5 Å². The maximum absolute atomic E-state index is 13.3. The van der Waals surface area contributed by atoms with Crippen molar-refractivity contribution in [3.05, 3.63) is 40.3 Å². The van der Waals surface area contributed by atoms with Crippen LogP contribution >= 0.6 is 0 Å². The first-order chi connectivity index (χ1) is 12.8. The van der Waals surface area contributed by atoms with Crippen molar-refractivity contribution in [2.24, 2.45) is 0 Å². The fourth-order valence-corrected chi connectivity index (χ4v) is 2.85. The number of aromatic nitrogens is 1. The van der Waals surface area contributed by atoms with E-state index in [0.29, 0.717) is 16.7 Å². The Labute approximate surface area is 156 Å². The number of rotatable bonds is 5. The van der Waals surface area contributed by atoms with Gasteiger partial charge in [0, 0.05) is 5.56 Å². The van der Waals surface area contributed by atoms with E-state index in [9.17, 15) is 31.1 Å². The maximum atomic E-state index is 13.3. The Bertz CT molecular complexity index is 844. The van der Waals surface area contributed by atoms with E-state index >= 15 is 0 Å². The van der Waals surface area contributed by atoms with Crippen LogP contribution in [0.3, 0.4) is 0 Å². The molecule has 0 atom stereocenters. The third kappa shape index (κ3) is 5.05. The quantitative estimate of drug-likeness (QED) is 0.381. The predicted molar refractivity (Wildman–Crippen MR) is 86.5 cm³/mol. The second-order valence-corrected chi connectivity index (χ2v) is 6.30. The summed E-state index contributed by atoms with van der Waals surface area (Å²) in [7, 11) is 0. The molecule has 0 aliphatic rings. The van der Waals surface area contributed by atoms with E-state index in [1.807, 2.05) is 6.92 Å². The van der Waals surface area contributed by atoms with Gasteiger partial charge < -0.3 is 9.15 Å². The van der Waals surface area contributed by atoms with Gasteiger partial charge in [-0.3, -0.25) is 0 Å². The zero-order chi connectivity index (χ0) is 21.3. The molecular formula is C18H17F6NO3. The third-order valence-corrected chi connectivity index (χ3v) is 3.87. The Balaban J connectivity index is 2.25. The second-order valence-electron chi connectivity index (χ2n) is 6.30. The van der Waals surface area contributed by atoms with Crippen LogP contribution in [-0.4, -0.2) is 23.7 Å². The SMILES string of the molecule is Cc1cc(C)c(-c2nc(CCCOC(=O)C(F)(F)F)c(C(F)(F)F)o2)c(C)c1. The maximum Gasteiger partial charge on any atom is 0.490 e. The minimum absolute atomic E-state index is 0.218. The highest BCUT2D eigenvalue weighted by atomic mass is 19.4. The molecule has 0 aliphatic carbocycles. The van der Waals surface area contributed by atoms with E-state index in [2.05, 4.69) is 9.72 Å². The molecule has 0 spiro atoms. The fraction of sp³-hybridized carbons (Fsp3) is 0.444. The first-order valence-electron chi connectivity index (χ1n) is 8.19. The molecular weight excluding hydrogens is 392 g/mol. The summed E-state index contributed by atoms with van der Waals surface area (Å²) in [6, 6.07) is 3.55. The number of aryl methyl sites for hydroxylation is 4. The Kier molecular flexibility index (Phi) is 6.10. The third-order valence-electron chi connectivity index (χ3n) is 3.87. The summed E-state index contributed by atoms with van der Waals surface area (Å²) in [4.78, 5) is 14.5. The minimum Gasteiger partial charge on any atom is -0.459 e. The Morgan fingerprint density at radius 1 is 1.07 bits per heavy atom. The van der Waals surface area contributed by atoms with E-state index in [-0.39, 0.29) is 18.7 Å². The molecule has 1 aromatic carbocycles. The molecule has 1 heterocycles. The summed E-state index contributed by atoms with van der Waals surface area (Å²) in [5, 5.41) is 0. The van der Waals surface area contributed by atoms with E-state index in [0.717, 1.165) is 5.56 Å². The lowest BCUT2D eigenvalue weighted by Gasteiger charge is -2.08. The van der Waals surface area contributed by atoms with Crippen molar-refractivity contribution in [2.45, 2.75) is 46.0 Å². The molecule has 0 saturated heterocycles. The lowest BCUT2D eigenvalue weighted by Crippen LogP contribution is -2.25. The number of carbonyl (C=O) groups excluding carboxylic acids is 1. The zero-order valence-corrected chi connectivity index (χ0v) is 15.2. The van der Waals surface area contributed by atoms with Gasteiger partial charge in [-0.1, -0.05) is 17.7 Å². The van der Waals surface area contributed by atoms with Crippen LogP contribution in [-0.2, 0) is 22.1 Å². The van der Waals surface area contributed by atoms with Crippen LogP contribution in [0, 0.1) is 20.8 Å². The number of nitrogens with zero attached hydrogens (tertiary/aromatic N) is 1. The largest absolute Gasteiger partial charge is 0.490 e. The molecule has 0 amide bonds. The van der Waals surface area contributed by atoms with Crippen LogP contribution in [0.1, 0.15) is 34.6 Å². The van der Waals surface area contributed by atoms with Crippen LogP contribution < -0.4 is 0 Å². The van der Waals surface area contributed by atoms with Gasteiger partial charge in [0.25, 0.3) is 0 Å². The lowest BCUT2D eigenvalue weighted by molar-refractivity contribution is -0.199. The molecule has 0 saturated carbocycles. The highest BCUT2D eigenvalue weighted by Crippen LogP contribution is 2.37. The van der Waals surface area contributed by atoms with E-state index < -0.39 is 36.4 Å². The average molecular weight is 409 g/mol. The van der Waals surface area contributed by atoms with Crippen molar-refractivity contribution < 1.29 is 40.3 Å². The molecule has 2 aromatic rings. The van der Waals surface area contributed by atoms with Gasteiger partial charge in [-0.05, 0) is 44.7 Å². The summed E-state index contributed by atoms with van der Waals surface area (Å²) in [5.74, 6) is -3.93. The molecule has 0 radical (unpaired) electrons. The molecule has 0 fully saturated rings. The molecule has 0 bridgehead atoms. The molecule has 0 N–H and O–H groups in total. The molecule has 4 nitrogen and oxygen atoms in total. The van der Waals surface area contributed by atoms with Crippen molar-refractivity contribution >= 4 is 5.97 Å². The lowest BCUT2D eigenvalue weighted by atomic mass is 10.00. The molecule has 2 rings (SSSR count). The number of carbonyl (C=O) groups is 1. The number of hydrogen-bond donors (Lipinski definition) is 0. The topological polar surface area (TPSA) is 52.3 Å². The first-order valence-corrected chi connectivity index (χ1v) is 8.19. The predicted octanol–water partition coefficient (Wildman–Crippen LogP) is 5.32. The highest BCUT2D eigenvalue weighted by Gasteiger charge is 2.41. The van der Waals surface area contributed by atoms with Crippen LogP contribution in [0.5, 0.6) is 0 Å². The summed E-state index contributed by atoms with van der Waals surface area (Å²) in [5.41, 5.74) is 2.25. The Morgan fingerprint density at radius 2 is 1.64 bits per heavy atom. The van der Waals surface area contributed by atoms with Gasteiger partial charge in [-0.15, -0.1) is 0 Å². The first kappa shape index (κ1) is 21.8. The summed E-state index contributed by atoms with van der Waals surface area (Å²) >= 11 is 0. The standard InChI is InChI=1S/C18H17F6NO3/c1-9-7-10(2)13(11(3)8-9)15-25-12(14(28-15)17(19,20)21)5-4-6-27-16(26)18(22,23)24/h7-8H,4-6H2,1-3H3. The van der Waals surface area contributed by atoms with Gasteiger partial charge in [-0.25, -0.2) is 9.78 Å². The van der Waals surface area contributed by atoms with Crippen molar-refractivity contribution in [1.29, 1.82) is 0 Å². The van der Waals surface area contributed by atoms with E-state index in [4.69, 9.17) is 4.42 Å². The normalized spacial score (nSPS) is 12.3. The van der Waals surface area contributed by atoms with Crippen LogP contribution in [0.15, 0.2) is 16.5 Å². The highest BCUT2D eigenvalue weighted by molar-refractivity contribution is 5.75. The number of halogens is 6. The van der Waals surface area contributed by atoms with Gasteiger partial charge in [0.1, 0.15) is 0 Å². The molecule has 1 aromatic heterocycles. The van der Waals surface area contributed by atoms with Crippen LogP contribution in [0.25, 0.3) is 11.5 Å². The molecule has 0 unspecified atom stereocenters. The van der Waals surface area contributed by atoms with E-state index in [1.54, 1.807) is 26.0 Å². The van der Waals surface area contributed by atoms with E-state index in [1.165, 1.54) is 0 Å². The summed E-state index contributed by atoms with van der Waals surface area (Å²) in [6.07, 6.45) is -10.6. The van der Waals surface area contributed by atoms with Crippen LogP contribution in [0.2, 0.25) is 0 Å². The van der Waals surface area contributed by atoms with Crippen molar-refractivity contribution in [3.63, 3.8) is 0 Å². The Hall–Kier alpha value is -2.52. The minimum atomic E-state index is -5.15. The fourth-order valence-electron chi connectivity index (χ4n) is 2.85. The summed E-state index contributed by atoms with van der Waals surface area (Å²) in [6.45, 7) is 4.57. The van der Waals surface area contributed by atoms with Gasteiger partial charge in [0.2, 0.25) is 11.7 Å². The number of benzene rings is 1. The number of alkyl halides is 6. The summed E-state index contributed by atoms with van der Waals surface area (Å²) < 4.78 is 85.0. The number of esters is 1. The number of oxazole rings is 1. The zero-order valence-electron chi connectivity index (χ0n) is 15.2. The molecule has 0 aliphatic heterocycles. The number of ether oxygens (including phenoxy) is 1. The number of hydrogen-bond acceptors (Lipinski definition) is 4. The second kappa shape index (κ2) is 7.84. The van der Waals surface area contributed by atoms with Crippen molar-refractivity contribution in [2.75, 3.05) is 6.61 Å². The molecule has 154 valence electrons. The molecule has 10 heteroatoms. The monoisotopic (exact) mass is 409 g/mol. The van der Waals surface area contributed by atoms with Crippen LogP contribution in [0.4, 0.5) is 26.3 Å². The average Bonchev–Trinajstić information content (AvgIpc) is 2.93.